The van der Waals surface area contributed by atoms with E-state index in [-0.39, 0.29) is 12.5 Å². The maximum Gasteiger partial charge on any atom is 0.257 e. The molecule has 1 unspecified atom stereocenters. The number of aromatic nitrogens is 2. The second-order valence-electron chi connectivity index (χ2n) is 2.39. The molecule has 1 aromatic rings. The van der Waals surface area contributed by atoms with Crippen LogP contribution in [-0.4, -0.2) is 35.6 Å². The Morgan fingerprint density at radius 1 is 1.92 bits per heavy atom. The van der Waals surface area contributed by atoms with Crippen molar-refractivity contribution in [3.63, 3.8) is 0 Å². The molecule has 1 heterocycles. The fourth-order valence-corrected chi connectivity index (χ4v) is 0.841. The zero-order chi connectivity index (χ0) is 9.68. The van der Waals surface area contributed by atoms with E-state index < -0.39 is 6.10 Å². The maximum absolute atomic E-state index is 11.3. The Morgan fingerprint density at radius 2 is 2.69 bits per heavy atom. The van der Waals surface area contributed by atoms with Crippen LogP contribution in [-0.2, 0) is 9.53 Å². The van der Waals surface area contributed by atoms with Crippen LogP contribution in [0.25, 0.3) is 0 Å². The van der Waals surface area contributed by atoms with Crippen molar-refractivity contribution in [2.45, 2.75) is 6.10 Å². The Bertz CT molecular complexity index is 255. The predicted molar refractivity (Wildman–Crippen MR) is 47.1 cm³/mol. The van der Waals surface area contributed by atoms with Gasteiger partial charge in [0.15, 0.2) is 0 Å². The van der Waals surface area contributed by atoms with E-state index >= 15 is 0 Å². The largest absolute Gasteiger partial charge is 0.370 e. The SMILES string of the molecule is COC(CN)C(=O)Nc1ncc[nH]1. The molecule has 1 atom stereocenters. The molecule has 0 radical (unpaired) electrons. The standard InChI is InChI=1S/C7H12N4O2/c1-13-5(4-8)6(12)11-7-9-2-3-10-7/h2-3,5H,4,8H2,1H3,(H2,9,10,11,12). The molecule has 1 amide bonds. The van der Waals surface area contributed by atoms with Gasteiger partial charge in [-0.3, -0.25) is 10.1 Å². The van der Waals surface area contributed by atoms with Crippen molar-refractivity contribution in [1.82, 2.24) is 9.97 Å². The fraction of sp³-hybridized carbons (Fsp3) is 0.429. The van der Waals surface area contributed by atoms with Gasteiger partial charge in [-0.05, 0) is 0 Å². The highest BCUT2D eigenvalue weighted by Crippen LogP contribution is 1.97. The molecule has 13 heavy (non-hydrogen) atoms. The number of methoxy groups -OCH3 is 1. The second-order valence-corrected chi connectivity index (χ2v) is 2.39. The Labute approximate surface area is 75.5 Å². The highest BCUT2D eigenvalue weighted by atomic mass is 16.5. The van der Waals surface area contributed by atoms with E-state index in [1.165, 1.54) is 7.11 Å². The summed E-state index contributed by atoms with van der Waals surface area (Å²) < 4.78 is 4.83. The molecule has 0 saturated carbocycles. The molecule has 0 bridgehead atoms. The number of carbonyl (C=O) groups is 1. The van der Waals surface area contributed by atoms with Gasteiger partial charge < -0.3 is 15.5 Å². The van der Waals surface area contributed by atoms with Crippen LogP contribution in [0.1, 0.15) is 0 Å². The van der Waals surface area contributed by atoms with E-state index in [2.05, 4.69) is 15.3 Å². The minimum atomic E-state index is -0.634. The Balaban J connectivity index is 2.49. The number of amides is 1. The molecule has 6 nitrogen and oxygen atoms in total. The predicted octanol–water partition coefficient (Wildman–Crippen LogP) is -0.678. The number of hydrogen-bond donors (Lipinski definition) is 3. The van der Waals surface area contributed by atoms with Gasteiger partial charge in [0.1, 0.15) is 6.10 Å². The van der Waals surface area contributed by atoms with Gasteiger partial charge >= 0.3 is 0 Å². The van der Waals surface area contributed by atoms with Gasteiger partial charge in [-0.25, -0.2) is 4.98 Å². The lowest BCUT2D eigenvalue weighted by atomic mass is 10.3. The molecule has 72 valence electrons. The van der Waals surface area contributed by atoms with Crippen LogP contribution >= 0.6 is 0 Å². The number of imidazole rings is 1. The number of nitrogens with zero attached hydrogens (tertiary/aromatic N) is 1. The highest BCUT2D eigenvalue weighted by molar-refractivity contribution is 5.92. The summed E-state index contributed by atoms with van der Waals surface area (Å²) in [6, 6.07) is 0. The molecule has 0 spiro atoms. The van der Waals surface area contributed by atoms with Crippen LogP contribution in [0.5, 0.6) is 0 Å². The van der Waals surface area contributed by atoms with Crippen molar-refractivity contribution >= 4 is 11.9 Å². The number of anilines is 1. The van der Waals surface area contributed by atoms with Crippen molar-refractivity contribution < 1.29 is 9.53 Å². The molecule has 1 aromatic heterocycles. The first-order valence-corrected chi connectivity index (χ1v) is 3.81. The maximum atomic E-state index is 11.3. The topological polar surface area (TPSA) is 93.0 Å². The van der Waals surface area contributed by atoms with E-state index in [1.807, 2.05) is 0 Å². The van der Waals surface area contributed by atoms with E-state index in [9.17, 15) is 4.79 Å². The zero-order valence-electron chi connectivity index (χ0n) is 7.28. The molecular weight excluding hydrogens is 172 g/mol. The van der Waals surface area contributed by atoms with Gasteiger partial charge in [-0.1, -0.05) is 0 Å². The number of H-pyrrole nitrogens is 1. The Kier molecular flexibility index (Phi) is 3.41. The summed E-state index contributed by atoms with van der Waals surface area (Å²) >= 11 is 0. The summed E-state index contributed by atoms with van der Waals surface area (Å²) in [5.74, 6) is 0.0838. The lowest BCUT2D eigenvalue weighted by Crippen LogP contribution is -2.36. The van der Waals surface area contributed by atoms with Crippen LogP contribution in [0.4, 0.5) is 5.95 Å². The number of ether oxygens (including phenoxy) is 1. The first-order valence-electron chi connectivity index (χ1n) is 3.81. The molecule has 0 aliphatic carbocycles. The van der Waals surface area contributed by atoms with Crippen molar-refractivity contribution in [1.29, 1.82) is 0 Å². The smallest absolute Gasteiger partial charge is 0.257 e. The lowest BCUT2D eigenvalue weighted by Gasteiger charge is -2.10. The lowest BCUT2D eigenvalue weighted by molar-refractivity contribution is -0.125. The third-order valence-electron chi connectivity index (χ3n) is 1.53. The van der Waals surface area contributed by atoms with Gasteiger partial charge in [-0.2, -0.15) is 0 Å². The van der Waals surface area contributed by atoms with Crippen LogP contribution in [0.2, 0.25) is 0 Å². The number of aromatic amines is 1. The molecule has 0 fully saturated rings. The number of carbonyl (C=O) groups excluding carboxylic acids is 1. The van der Waals surface area contributed by atoms with E-state index in [0.29, 0.717) is 5.95 Å². The number of nitrogens with two attached hydrogens (primary N) is 1. The summed E-state index contributed by atoms with van der Waals surface area (Å²) in [4.78, 5) is 17.9. The average molecular weight is 184 g/mol. The molecule has 0 aromatic carbocycles. The molecule has 6 heteroatoms. The third kappa shape index (κ3) is 2.53. The molecule has 0 aliphatic heterocycles. The quantitative estimate of drug-likeness (QED) is 0.578. The van der Waals surface area contributed by atoms with Crippen LogP contribution in [0, 0.1) is 0 Å². The third-order valence-corrected chi connectivity index (χ3v) is 1.53. The highest BCUT2D eigenvalue weighted by Gasteiger charge is 2.15. The first-order chi connectivity index (χ1) is 6.27. The minimum Gasteiger partial charge on any atom is -0.370 e. The number of hydrogen-bond acceptors (Lipinski definition) is 4. The normalized spacial score (nSPS) is 12.5. The zero-order valence-corrected chi connectivity index (χ0v) is 7.28. The van der Waals surface area contributed by atoms with Gasteiger partial charge in [-0.15, -0.1) is 0 Å². The van der Waals surface area contributed by atoms with Gasteiger partial charge in [0.2, 0.25) is 5.95 Å². The monoisotopic (exact) mass is 184 g/mol. The van der Waals surface area contributed by atoms with Gasteiger partial charge in [0.05, 0.1) is 0 Å². The summed E-state index contributed by atoms with van der Waals surface area (Å²) in [5, 5.41) is 2.51. The second kappa shape index (κ2) is 4.58. The summed E-state index contributed by atoms with van der Waals surface area (Å²) in [6.07, 6.45) is 2.52. The fourth-order valence-electron chi connectivity index (χ4n) is 0.841. The van der Waals surface area contributed by atoms with Crippen LogP contribution < -0.4 is 11.1 Å². The van der Waals surface area contributed by atoms with Gasteiger partial charge in [0, 0.05) is 26.0 Å². The van der Waals surface area contributed by atoms with E-state index in [0.717, 1.165) is 0 Å². The van der Waals surface area contributed by atoms with Crippen molar-refractivity contribution in [2.24, 2.45) is 5.73 Å². The summed E-state index contributed by atoms with van der Waals surface area (Å²) in [7, 11) is 1.43. The Hall–Kier alpha value is -1.40. The van der Waals surface area contributed by atoms with Crippen molar-refractivity contribution in [3.05, 3.63) is 12.4 Å². The number of nitrogens with one attached hydrogen (secondary N) is 2. The Morgan fingerprint density at radius 3 is 3.15 bits per heavy atom. The number of rotatable bonds is 4. The molecule has 0 aliphatic rings. The molecule has 1 rings (SSSR count). The van der Waals surface area contributed by atoms with Crippen molar-refractivity contribution in [3.8, 4) is 0 Å². The first kappa shape index (κ1) is 9.69. The van der Waals surface area contributed by atoms with Crippen LogP contribution in [0.3, 0.4) is 0 Å². The van der Waals surface area contributed by atoms with E-state index in [1.54, 1.807) is 12.4 Å². The van der Waals surface area contributed by atoms with E-state index in [4.69, 9.17) is 10.5 Å². The molecular formula is C7H12N4O2. The average Bonchev–Trinajstić information content (AvgIpc) is 2.59. The molecule has 4 N–H and O–H groups in total. The summed E-state index contributed by atoms with van der Waals surface area (Å²) in [6.45, 7) is 0.142. The van der Waals surface area contributed by atoms with Gasteiger partial charge in [0.25, 0.3) is 5.91 Å². The molecule has 0 saturated heterocycles. The minimum absolute atomic E-state index is 0.142. The summed E-state index contributed by atoms with van der Waals surface area (Å²) in [5.41, 5.74) is 5.30. The van der Waals surface area contributed by atoms with Crippen molar-refractivity contribution in [2.75, 3.05) is 19.0 Å². The van der Waals surface area contributed by atoms with Crippen LogP contribution in [0.15, 0.2) is 12.4 Å².